The second kappa shape index (κ2) is 5.77. The molecule has 0 saturated heterocycles. The van der Waals surface area contributed by atoms with Crippen LogP contribution in [0.5, 0.6) is 0 Å². The van der Waals surface area contributed by atoms with E-state index in [0.29, 0.717) is 0 Å². The van der Waals surface area contributed by atoms with E-state index in [-0.39, 0.29) is 25.8 Å². The summed E-state index contributed by atoms with van der Waals surface area (Å²) in [4.78, 5) is 3.83. The lowest BCUT2D eigenvalue weighted by molar-refractivity contribution is 0.601. The number of hydrogen-bond acceptors (Lipinski definition) is 3. The van der Waals surface area contributed by atoms with E-state index >= 15 is 0 Å². The average Bonchev–Trinajstić information content (AvgIpc) is 2.32. The first kappa shape index (κ1) is 15.4. The average molecular weight is 352 g/mol. The number of nitrogens with zero attached hydrogens (tertiary/aromatic N) is 1. The van der Waals surface area contributed by atoms with Gasteiger partial charge in [-0.1, -0.05) is 34.8 Å². The van der Waals surface area contributed by atoms with E-state index in [1.54, 1.807) is 13.0 Å². The number of hydrogen-bond donors (Lipinski definition) is 1. The van der Waals surface area contributed by atoms with Crippen molar-refractivity contribution in [2.24, 2.45) is 0 Å². The monoisotopic (exact) mass is 350 g/mol. The minimum Gasteiger partial charge on any atom is -0.276 e. The van der Waals surface area contributed by atoms with Gasteiger partial charge in [-0.15, -0.1) is 0 Å². The van der Waals surface area contributed by atoms with Gasteiger partial charge in [-0.25, -0.2) is 13.4 Å². The van der Waals surface area contributed by atoms with Crippen LogP contribution in [0.4, 0.5) is 5.69 Å². The highest BCUT2D eigenvalue weighted by molar-refractivity contribution is 7.92. The van der Waals surface area contributed by atoms with Gasteiger partial charge in [0.1, 0.15) is 0 Å². The molecule has 0 aliphatic rings. The first-order valence-electron chi connectivity index (χ1n) is 5.39. The van der Waals surface area contributed by atoms with Crippen molar-refractivity contribution in [1.29, 1.82) is 0 Å². The molecule has 0 aliphatic carbocycles. The molecular formula is C12H9Cl3N2O2S. The van der Waals surface area contributed by atoms with Gasteiger partial charge in [0.2, 0.25) is 0 Å². The number of nitrogens with one attached hydrogen (secondary N) is 1. The van der Waals surface area contributed by atoms with Crippen molar-refractivity contribution < 1.29 is 8.42 Å². The fraction of sp³-hybridized carbons (Fsp3) is 0.0833. The zero-order chi connectivity index (χ0) is 14.9. The van der Waals surface area contributed by atoms with Gasteiger partial charge in [-0.3, -0.25) is 4.72 Å². The van der Waals surface area contributed by atoms with Gasteiger partial charge in [0.05, 0.1) is 10.6 Å². The highest BCUT2D eigenvalue weighted by Crippen LogP contribution is 2.26. The Kier molecular flexibility index (Phi) is 4.44. The summed E-state index contributed by atoms with van der Waals surface area (Å²) in [5, 5.41) is 0.518. The van der Waals surface area contributed by atoms with Crippen LogP contribution in [0.25, 0.3) is 0 Å². The molecule has 20 heavy (non-hydrogen) atoms. The van der Waals surface area contributed by atoms with Gasteiger partial charge >= 0.3 is 0 Å². The maximum Gasteiger partial charge on any atom is 0.262 e. The van der Waals surface area contributed by atoms with Crippen molar-refractivity contribution in [3.63, 3.8) is 0 Å². The Bertz CT molecular complexity index is 743. The lowest BCUT2D eigenvalue weighted by Gasteiger charge is -2.10. The van der Waals surface area contributed by atoms with Crippen molar-refractivity contribution in [2.75, 3.05) is 4.72 Å². The van der Waals surface area contributed by atoms with Crippen molar-refractivity contribution in [3.05, 3.63) is 51.2 Å². The molecule has 0 bridgehead atoms. The number of rotatable bonds is 3. The number of benzene rings is 1. The Hall–Kier alpha value is -1.01. The Morgan fingerprint density at radius 1 is 1.05 bits per heavy atom. The number of aromatic nitrogens is 1. The third kappa shape index (κ3) is 3.55. The van der Waals surface area contributed by atoms with Gasteiger partial charge in [-0.05, 0) is 36.8 Å². The lowest BCUT2D eigenvalue weighted by atomic mass is 10.3. The minimum absolute atomic E-state index is 0.0485. The quantitative estimate of drug-likeness (QED) is 0.845. The van der Waals surface area contributed by atoms with Crippen LogP contribution in [-0.4, -0.2) is 13.4 Å². The molecule has 106 valence electrons. The lowest BCUT2D eigenvalue weighted by Crippen LogP contribution is -2.13. The van der Waals surface area contributed by atoms with E-state index < -0.39 is 10.0 Å². The molecule has 0 amide bonds. The summed E-state index contributed by atoms with van der Waals surface area (Å²) in [5.74, 6) is 0. The van der Waals surface area contributed by atoms with E-state index in [4.69, 9.17) is 34.8 Å². The molecule has 0 fully saturated rings. The normalized spacial score (nSPS) is 11.4. The first-order chi connectivity index (χ1) is 9.28. The van der Waals surface area contributed by atoms with Crippen LogP contribution >= 0.6 is 34.8 Å². The Labute approximate surface area is 131 Å². The summed E-state index contributed by atoms with van der Waals surface area (Å²) in [6.07, 6.45) is 1.54. The molecule has 1 N–H and O–H groups in total. The van der Waals surface area contributed by atoms with Crippen molar-refractivity contribution in [1.82, 2.24) is 4.98 Å². The van der Waals surface area contributed by atoms with Gasteiger partial charge in [0, 0.05) is 16.2 Å². The summed E-state index contributed by atoms with van der Waals surface area (Å²) in [6, 6.07) is 5.63. The van der Waals surface area contributed by atoms with Crippen LogP contribution in [0, 0.1) is 6.92 Å². The zero-order valence-electron chi connectivity index (χ0n) is 10.2. The van der Waals surface area contributed by atoms with Gasteiger partial charge in [-0.2, -0.15) is 0 Å². The molecule has 0 atom stereocenters. The van der Waals surface area contributed by atoms with E-state index in [0.717, 1.165) is 5.56 Å². The van der Waals surface area contributed by atoms with Crippen LogP contribution in [0.1, 0.15) is 5.56 Å². The Balaban J connectivity index is 2.43. The van der Waals surface area contributed by atoms with Crippen LogP contribution in [0.3, 0.4) is 0 Å². The van der Waals surface area contributed by atoms with Crippen molar-refractivity contribution in [2.45, 2.75) is 11.8 Å². The molecule has 2 rings (SSSR count). The zero-order valence-corrected chi connectivity index (χ0v) is 13.3. The standard InChI is InChI=1S/C12H9Cl3N2O2S/c1-7-2-11(12(15)16-6-7)17-20(18,19)10-4-8(13)3-9(14)5-10/h2-6,17H,1H3. The van der Waals surface area contributed by atoms with Gasteiger partial charge < -0.3 is 0 Å². The molecule has 0 spiro atoms. The summed E-state index contributed by atoms with van der Waals surface area (Å²) in [7, 11) is -3.84. The largest absolute Gasteiger partial charge is 0.276 e. The third-order valence-corrected chi connectivity index (χ3v) is 4.45. The molecular weight excluding hydrogens is 343 g/mol. The summed E-state index contributed by atoms with van der Waals surface area (Å²) < 4.78 is 26.9. The second-order valence-electron chi connectivity index (χ2n) is 4.06. The molecule has 1 aromatic carbocycles. The fourth-order valence-corrected chi connectivity index (χ4v) is 3.50. The highest BCUT2D eigenvalue weighted by atomic mass is 35.5. The number of halogens is 3. The highest BCUT2D eigenvalue weighted by Gasteiger charge is 2.17. The molecule has 0 saturated carbocycles. The van der Waals surface area contributed by atoms with Crippen molar-refractivity contribution >= 4 is 50.5 Å². The smallest absolute Gasteiger partial charge is 0.262 e. The molecule has 0 aliphatic heterocycles. The maximum absolute atomic E-state index is 12.3. The number of anilines is 1. The predicted octanol–water partition coefficient (Wildman–Crippen LogP) is 4.15. The molecule has 1 heterocycles. The van der Waals surface area contributed by atoms with Gasteiger partial charge in [0.25, 0.3) is 10.0 Å². The van der Waals surface area contributed by atoms with E-state index in [1.807, 2.05) is 0 Å². The van der Waals surface area contributed by atoms with Crippen LogP contribution in [-0.2, 0) is 10.0 Å². The van der Waals surface area contributed by atoms with Gasteiger partial charge in [0.15, 0.2) is 5.15 Å². The maximum atomic E-state index is 12.3. The molecule has 0 unspecified atom stereocenters. The molecule has 8 heteroatoms. The minimum atomic E-state index is -3.84. The molecule has 0 radical (unpaired) electrons. The fourth-order valence-electron chi connectivity index (χ4n) is 1.51. The Morgan fingerprint density at radius 3 is 2.25 bits per heavy atom. The topological polar surface area (TPSA) is 59.1 Å². The molecule has 1 aromatic heterocycles. The molecule has 2 aromatic rings. The van der Waals surface area contributed by atoms with Crippen molar-refractivity contribution in [3.8, 4) is 0 Å². The number of sulfonamides is 1. The summed E-state index contributed by atoms with van der Waals surface area (Å²) in [5.41, 5.74) is 0.971. The third-order valence-electron chi connectivity index (χ3n) is 2.37. The van der Waals surface area contributed by atoms with E-state index in [2.05, 4.69) is 9.71 Å². The Morgan fingerprint density at radius 2 is 1.65 bits per heavy atom. The van der Waals surface area contributed by atoms with Crippen LogP contribution < -0.4 is 4.72 Å². The number of pyridine rings is 1. The predicted molar refractivity (Wildman–Crippen MR) is 81.3 cm³/mol. The van der Waals surface area contributed by atoms with Crippen LogP contribution in [0.2, 0.25) is 15.2 Å². The summed E-state index contributed by atoms with van der Waals surface area (Å²) in [6.45, 7) is 1.78. The molecule has 4 nitrogen and oxygen atoms in total. The van der Waals surface area contributed by atoms with Crippen LogP contribution in [0.15, 0.2) is 35.4 Å². The SMILES string of the molecule is Cc1cnc(Cl)c(NS(=O)(=O)c2cc(Cl)cc(Cl)c2)c1. The summed E-state index contributed by atoms with van der Waals surface area (Å²) >= 11 is 17.5. The first-order valence-corrected chi connectivity index (χ1v) is 8.01. The second-order valence-corrected chi connectivity index (χ2v) is 6.97. The van der Waals surface area contributed by atoms with E-state index in [9.17, 15) is 8.42 Å². The van der Waals surface area contributed by atoms with E-state index in [1.165, 1.54) is 24.4 Å². The number of aryl methyl sites for hydroxylation is 1.